The van der Waals surface area contributed by atoms with Gasteiger partial charge in [0.05, 0.1) is 17.8 Å². The van der Waals surface area contributed by atoms with Crippen LogP contribution in [0.3, 0.4) is 0 Å². The number of hydrogen-bond donors (Lipinski definition) is 0. The number of halogens is 2. The summed E-state index contributed by atoms with van der Waals surface area (Å²) in [5.41, 5.74) is 1.86. The molecule has 0 radical (unpaired) electrons. The maximum Gasteiger partial charge on any atom is 0.212 e. The summed E-state index contributed by atoms with van der Waals surface area (Å²) in [4.78, 5) is 14.7. The first kappa shape index (κ1) is 16.0. The third kappa shape index (κ3) is 3.84. The molecule has 0 amide bonds. The molecule has 112 valence electrons. The van der Waals surface area contributed by atoms with E-state index >= 15 is 0 Å². The van der Waals surface area contributed by atoms with Crippen LogP contribution in [0.15, 0.2) is 24.4 Å². The van der Waals surface area contributed by atoms with Gasteiger partial charge < -0.3 is 4.90 Å². The van der Waals surface area contributed by atoms with Crippen LogP contribution in [0.2, 0.25) is 10.0 Å². The van der Waals surface area contributed by atoms with Gasteiger partial charge in [-0.15, -0.1) is 0 Å². The number of aryl methyl sites for hydroxylation is 1. The Morgan fingerprint density at radius 3 is 2.62 bits per heavy atom. The van der Waals surface area contributed by atoms with Crippen LogP contribution in [0.4, 0.5) is 0 Å². The van der Waals surface area contributed by atoms with Gasteiger partial charge in [-0.2, -0.15) is 5.10 Å². The van der Waals surface area contributed by atoms with E-state index in [1.54, 1.807) is 16.8 Å². The monoisotopic (exact) mass is 325 g/mol. The molecule has 2 aromatic rings. The van der Waals surface area contributed by atoms with E-state index in [1.807, 2.05) is 32.0 Å². The molecule has 0 unspecified atom stereocenters. The van der Waals surface area contributed by atoms with Gasteiger partial charge >= 0.3 is 0 Å². The van der Waals surface area contributed by atoms with Crippen LogP contribution >= 0.6 is 23.2 Å². The standard InChI is InChI=1S/C15H17Cl2N3O/c1-10-6-11(8-12(16)7-10)15(21)14-13(17)9-18-20(14)5-4-19(2)3/h6-9H,4-5H2,1-3H3. The lowest BCUT2D eigenvalue weighted by atomic mass is 10.1. The minimum absolute atomic E-state index is 0.165. The van der Waals surface area contributed by atoms with Gasteiger partial charge in [0, 0.05) is 17.1 Å². The number of ketones is 1. The number of likely N-dealkylation sites (N-methyl/N-ethyl adjacent to an activating group) is 1. The van der Waals surface area contributed by atoms with E-state index in [9.17, 15) is 4.79 Å². The molecule has 0 atom stereocenters. The molecule has 4 nitrogen and oxygen atoms in total. The molecule has 2 rings (SSSR count). The Morgan fingerprint density at radius 1 is 1.29 bits per heavy atom. The van der Waals surface area contributed by atoms with E-state index in [0.29, 0.717) is 27.8 Å². The Balaban J connectivity index is 2.36. The van der Waals surface area contributed by atoms with Gasteiger partial charge in [0.2, 0.25) is 5.78 Å². The van der Waals surface area contributed by atoms with Crippen LogP contribution in [0.5, 0.6) is 0 Å². The Morgan fingerprint density at radius 2 is 2.00 bits per heavy atom. The van der Waals surface area contributed by atoms with E-state index in [2.05, 4.69) is 5.10 Å². The second kappa shape index (κ2) is 6.60. The zero-order valence-electron chi connectivity index (χ0n) is 12.2. The molecule has 0 saturated heterocycles. The Labute approximate surface area is 134 Å². The first-order chi connectivity index (χ1) is 9.88. The molecule has 1 heterocycles. The van der Waals surface area contributed by atoms with Gasteiger partial charge in [0.25, 0.3) is 0 Å². The van der Waals surface area contributed by atoms with Crippen LogP contribution in [0, 0.1) is 6.92 Å². The number of rotatable bonds is 5. The van der Waals surface area contributed by atoms with Crippen molar-refractivity contribution in [2.24, 2.45) is 0 Å². The van der Waals surface area contributed by atoms with Crippen molar-refractivity contribution in [3.05, 3.63) is 51.3 Å². The van der Waals surface area contributed by atoms with E-state index in [4.69, 9.17) is 23.2 Å². The molecule has 0 aliphatic rings. The van der Waals surface area contributed by atoms with Crippen molar-refractivity contribution in [2.45, 2.75) is 13.5 Å². The van der Waals surface area contributed by atoms with E-state index in [-0.39, 0.29) is 5.78 Å². The van der Waals surface area contributed by atoms with Crippen LogP contribution in [0.25, 0.3) is 0 Å². The molecule has 0 N–H and O–H groups in total. The Kier molecular flexibility index (Phi) is 5.04. The first-order valence-corrected chi connectivity index (χ1v) is 7.32. The molecule has 0 aliphatic carbocycles. The zero-order valence-corrected chi connectivity index (χ0v) is 13.7. The van der Waals surface area contributed by atoms with Crippen molar-refractivity contribution in [2.75, 3.05) is 20.6 Å². The average Bonchev–Trinajstić information content (AvgIpc) is 2.75. The predicted octanol–water partition coefficient (Wildman–Crippen LogP) is 3.29. The number of hydrogen-bond acceptors (Lipinski definition) is 3. The second-order valence-corrected chi connectivity index (χ2v) is 6.06. The fourth-order valence-corrected chi connectivity index (χ4v) is 2.57. The number of carbonyl (C=O) groups excluding carboxylic acids is 1. The molecule has 1 aromatic heterocycles. The molecule has 1 aromatic carbocycles. The molecule has 21 heavy (non-hydrogen) atoms. The van der Waals surface area contributed by atoms with Crippen molar-refractivity contribution >= 4 is 29.0 Å². The number of benzene rings is 1. The molecule has 0 spiro atoms. The first-order valence-electron chi connectivity index (χ1n) is 6.56. The highest BCUT2D eigenvalue weighted by Crippen LogP contribution is 2.22. The lowest BCUT2D eigenvalue weighted by molar-refractivity contribution is 0.102. The average molecular weight is 326 g/mol. The maximum absolute atomic E-state index is 12.7. The fraction of sp³-hybridized carbons (Fsp3) is 0.333. The zero-order chi connectivity index (χ0) is 15.6. The summed E-state index contributed by atoms with van der Waals surface area (Å²) in [6.07, 6.45) is 1.50. The van der Waals surface area contributed by atoms with E-state index in [1.165, 1.54) is 6.20 Å². The topological polar surface area (TPSA) is 38.1 Å². The Hall–Kier alpha value is -1.36. The Bertz CT molecular complexity index is 645. The van der Waals surface area contributed by atoms with E-state index in [0.717, 1.165) is 12.1 Å². The number of carbonyl (C=O) groups is 1. The van der Waals surface area contributed by atoms with Gasteiger partial charge in [-0.25, -0.2) is 0 Å². The molecule has 0 aliphatic heterocycles. The van der Waals surface area contributed by atoms with Gasteiger partial charge in [0.1, 0.15) is 5.69 Å². The number of nitrogens with zero attached hydrogens (tertiary/aromatic N) is 3. The van der Waals surface area contributed by atoms with Crippen LogP contribution in [0.1, 0.15) is 21.6 Å². The molecule has 0 saturated carbocycles. The lowest BCUT2D eigenvalue weighted by Crippen LogP contribution is -2.21. The summed E-state index contributed by atoms with van der Waals surface area (Å²) < 4.78 is 1.64. The van der Waals surface area contributed by atoms with Crippen molar-refractivity contribution < 1.29 is 4.79 Å². The van der Waals surface area contributed by atoms with Crippen molar-refractivity contribution in [3.8, 4) is 0 Å². The van der Waals surface area contributed by atoms with Crippen molar-refractivity contribution in [1.82, 2.24) is 14.7 Å². The summed E-state index contributed by atoms with van der Waals surface area (Å²) in [5, 5.41) is 5.08. The molecule has 0 fully saturated rings. The molecular weight excluding hydrogens is 309 g/mol. The summed E-state index contributed by atoms with van der Waals surface area (Å²) in [6.45, 7) is 3.26. The summed E-state index contributed by atoms with van der Waals surface area (Å²) >= 11 is 12.2. The predicted molar refractivity (Wildman–Crippen MR) is 85.4 cm³/mol. The SMILES string of the molecule is Cc1cc(Cl)cc(C(=O)c2c(Cl)cnn2CCN(C)C)c1. The van der Waals surface area contributed by atoms with Gasteiger partial charge in [-0.3, -0.25) is 9.48 Å². The quantitative estimate of drug-likeness (QED) is 0.792. The van der Waals surface area contributed by atoms with Crippen LogP contribution < -0.4 is 0 Å². The van der Waals surface area contributed by atoms with Gasteiger partial charge in [0.15, 0.2) is 0 Å². The maximum atomic E-state index is 12.7. The van der Waals surface area contributed by atoms with Crippen LogP contribution in [-0.4, -0.2) is 41.1 Å². The third-order valence-electron chi connectivity index (χ3n) is 3.07. The largest absolute Gasteiger partial charge is 0.308 e. The lowest BCUT2D eigenvalue weighted by Gasteiger charge is -2.12. The van der Waals surface area contributed by atoms with Gasteiger partial charge in [-0.05, 0) is 44.8 Å². The molecular formula is C15H17Cl2N3O. The third-order valence-corrected chi connectivity index (χ3v) is 3.57. The highest BCUT2D eigenvalue weighted by molar-refractivity contribution is 6.35. The van der Waals surface area contributed by atoms with E-state index < -0.39 is 0 Å². The summed E-state index contributed by atoms with van der Waals surface area (Å²) in [6, 6.07) is 5.26. The fourth-order valence-electron chi connectivity index (χ4n) is 2.06. The second-order valence-electron chi connectivity index (χ2n) is 5.21. The van der Waals surface area contributed by atoms with Crippen molar-refractivity contribution in [1.29, 1.82) is 0 Å². The smallest absolute Gasteiger partial charge is 0.212 e. The summed E-state index contributed by atoms with van der Waals surface area (Å²) in [7, 11) is 3.93. The molecule has 0 bridgehead atoms. The van der Waals surface area contributed by atoms with Crippen LogP contribution in [-0.2, 0) is 6.54 Å². The highest BCUT2D eigenvalue weighted by Gasteiger charge is 2.19. The summed E-state index contributed by atoms with van der Waals surface area (Å²) in [5.74, 6) is -0.165. The minimum atomic E-state index is -0.165. The van der Waals surface area contributed by atoms with Crippen molar-refractivity contribution in [3.63, 3.8) is 0 Å². The van der Waals surface area contributed by atoms with Gasteiger partial charge in [-0.1, -0.05) is 23.2 Å². The molecule has 6 heteroatoms. The minimum Gasteiger partial charge on any atom is -0.308 e. The normalized spacial score (nSPS) is 11.1. The highest BCUT2D eigenvalue weighted by atomic mass is 35.5. The number of aromatic nitrogens is 2.